The van der Waals surface area contributed by atoms with Crippen LogP contribution in [0.2, 0.25) is 0 Å². The van der Waals surface area contributed by atoms with Crippen molar-refractivity contribution in [1.29, 1.82) is 0 Å². The first-order valence-electron chi connectivity index (χ1n) is 5.86. The molecule has 0 saturated carbocycles. The third kappa shape index (κ3) is 11.9. The van der Waals surface area contributed by atoms with E-state index in [2.05, 4.69) is 13.8 Å². The standard InChI is InChI=1S/C12H25O2/c1-3-9-13-11-7-5-6-8-12-14-10-4-2/h1,3-12H2,2H3. The maximum atomic E-state index is 5.39. The van der Waals surface area contributed by atoms with Crippen LogP contribution >= 0.6 is 0 Å². The lowest BCUT2D eigenvalue weighted by atomic mass is 10.2. The van der Waals surface area contributed by atoms with Crippen LogP contribution in [0.3, 0.4) is 0 Å². The second-order valence-corrected chi connectivity index (χ2v) is 3.49. The molecule has 0 amide bonds. The van der Waals surface area contributed by atoms with Gasteiger partial charge in [0.15, 0.2) is 0 Å². The van der Waals surface area contributed by atoms with Crippen LogP contribution in [0.25, 0.3) is 0 Å². The van der Waals surface area contributed by atoms with Gasteiger partial charge in [0.2, 0.25) is 0 Å². The molecule has 0 heterocycles. The summed E-state index contributed by atoms with van der Waals surface area (Å²) >= 11 is 0. The molecule has 1 radical (unpaired) electrons. The maximum absolute atomic E-state index is 5.39. The summed E-state index contributed by atoms with van der Waals surface area (Å²) in [4.78, 5) is 0. The summed E-state index contributed by atoms with van der Waals surface area (Å²) in [7, 11) is 0. The first-order valence-corrected chi connectivity index (χ1v) is 5.86. The average Bonchev–Trinajstić information content (AvgIpc) is 2.21. The van der Waals surface area contributed by atoms with Gasteiger partial charge in [-0.25, -0.2) is 0 Å². The molecule has 0 aliphatic heterocycles. The Labute approximate surface area is 89.0 Å². The van der Waals surface area contributed by atoms with Crippen molar-refractivity contribution in [2.24, 2.45) is 0 Å². The summed E-state index contributed by atoms with van der Waals surface area (Å²) in [5, 5.41) is 0. The van der Waals surface area contributed by atoms with Gasteiger partial charge in [0.1, 0.15) is 0 Å². The molecule has 2 nitrogen and oxygen atoms in total. The quantitative estimate of drug-likeness (QED) is 0.478. The van der Waals surface area contributed by atoms with Crippen molar-refractivity contribution in [3.05, 3.63) is 6.92 Å². The predicted octanol–water partition coefficient (Wildman–Crippen LogP) is 3.21. The summed E-state index contributed by atoms with van der Waals surface area (Å²) in [6, 6.07) is 0. The van der Waals surface area contributed by atoms with E-state index in [0.717, 1.165) is 39.3 Å². The SMILES string of the molecule is [CH2]CCOCCCCCCOCCC. The van der Waals surface area contributed by atoms with Crippen molar-refractivity contribution in [3.8, 4) is 0 Å². The summed E-state index contributed by atoms with van der Waals surface area (Å²) in [6.07, 6.45) is 6.89. The van der Waals surface area contributed by atoms with Crippen LogP contribution in [0.1, 0.15) is 45.4 Å². The number of hydrogen-bond acceptors (Lipinski definition) is 2. The van der Waals surface area contributed by atoms with E-state index >= 15 is 0 Å². The van der Waals surface area contributed by atoms with E-state index in [4.69, 9.17) is 9.47 Å². The summed E-state index contributed by atoms with van der Waals surface area (Å²) in [5.41, 5.74) is 0. The topological polar surface area (TPSA) is 18.5 Å². The Bertz CT molecular complexity index is 82.3. The van der Waals surface area contributed by atoms with Crippen LogP contribution in [-0.2, 0) is 9.47 Å². The third-order valence-electron chi connectivity index (χ3n) is 1.96. The highest BCUT2D eigenvalue weighted by Crippen LogP contribution is 2.00. The molecule has 85 valence electrons. The van der Waals surface area contributed by atoms with Gasteiger partial charge in [-0.05, 0) is 25.7 Å². The smallest absolute Gasteiger partial charge is 0.0466 e. The van der Waals surface area contributed by atoms with Gasteiger partial charge in [-0.3, -0.25) is 0 Å². The Morgan fingerprint density at radius 3 is 1.86 bits per heavy atom. The predicted molar refractivity (Wildman–Crippen MR) is 60.4 cm³/mol. The summed E-state index contributed by atoms with van der Waals surface area (Å²) in [5.74, 6) is 0. The molecule has 0 atom stereocenters. The van der Waals surface area contributed by atoms with Gasteiger partial charge in [0.25, 0.3) is 0 Å². The van der Waals surface area contributed by atoms with E-state index in [1.807, 2.05) is 0 Å². The lowest BCUT2D eigenvalue weighted by Crippen LogP contribution is -1.97. The number of hydrogen-bond donors (Lipinski definition) is 0. The van der Waals surface area contributed by atoms with Gasteiger partial charge in [-0.15, -0.1) is 0 Å². The van der Waals surface area contributed by atoms with Gasteiger partial charge in [0, 0.05) is 26.4 Å². The van der Waals surface area contributed by atoms with E-state index < -0.39 is 0 Å². The van der Waals surface area contributed by atoms with Gasteiger partial charge in [-0.1, -0.05) is 26.7 Å². The number of unbranched alkanes of at least 4 members (excludes halogenated alkanes) is 3. The fourth-order valence-corrected chi connectivity index (χ4v) is 1.21. The molecular formula is C12H25O2. The second-order valence-electron chi connectivity index (χ2n) is 3.49. The van der Waals surface area contributed by atoms with Crippen molar-refractivity contribution >= 4 is 0 Å². The zero-order valence-electron chi connectivity index (χ0n) is 9.59. The van der Waals surface area contributed by atoms with Crippen molar-refractivity contribution < 1.29 is 9.47 Å². The maximum Gasteiger partial charge on any atom is 0.0466 e. The second kappa shape index (κ2) is 12.9. The highest BCUT2D eigenvalue weighted by Gasteiger charge is 1.91. The molecule has 0 fully saturated rings. The lowest BCUT2D eigenvalue weighted by molar-refractivity contribution is 0.123. The monoisotopic (exact) mass is 201 g/mol. The Balaban J connectivity index is 2.78. The van der Waals surface area contributed by atoms with Crippen LogP contribution in [0, 0.1) is 6.92 Å². The minimum absolute atomic E-state index is 0.805. The molecule has 0 spiro atoms. The van der Waals surface area contributed by atoms with Crippen molar-refractivity contribution in [3.63, 3.8) is 0 Å². The fourth-order valence-electron chi connectivity index (χ4n) is 1.21. The fraction of sp³-hybridized carbons (Fsp3) is 0.917. The highest BCUT2D eigenvalue weighted by atomic mass is 16.5. The van der Waals surface area contributed by atoms with E-state index in [1.165, 1.54) is 25.7 Å². The van der Waals surface area contributed by atoms with Crippen LogP contribution in [-0.4, -0.2) is 26.4 Å². The Kier molecular flexibility index (Phi) is 12.8. The molecule has 0 N–H and O–H groups in total. The molecule has 0 aromatic rings. The van der Waals surface area contributed by atoms with Crippen molar-refractivity contribution in [1.82, 2.24) is 0 Å². The Morgan fingerprint density at radius 2 is 1.36 bits per heavy atom. The summed E-state index contributed by atoms with van der Waals surface area (Å²) < 4.78 is 10.7. The van der Waals surface area contributed by atoms with Crippen molar-refractivity contribution in [2.45, 2.75) is 45.4 Å². The molecule has 0 unspecified atom stereocenters. The van der Waals surface area contributed by atoms with Crippen LogP contribution in [0.5, 0.6) is 0 Å². The molecule has 0 aliphatic rings. The zero-order valence-corrected chi connectivity index (χ0v) is 9.59. The van der Waals surface area contributed by atoms with Crippen molar-refractivity contribution in [2.75, 3.05) is 26.4 Å². The third-order valence-corrected chi connectivity index (χ3v) is 1.96. The molecule has 0 aromatic heterocycles. The van der Waals surface area contributed by atoms with Crippen LogP contribution < -0.4 is 0 Å². The lowest BCUT2D eigenvalue weighted by Gasteiger charge is -2.03. The highest BCUT2D eigenvalue weighted by molar-refractivity contribution is 4.43. The first kappa shape index (κ1) is 13.9. The molecule has 14 heavy (non-hydrogen) atoms. The Morgan fingerprint density at radius 1 is 0.786 bits per heavy atom. The molecule has 0 aromatic carbocycles. The molecule has 2 heteroatoms. The molecule has 0 bridgehead atoms. The molecular weight excluding hydrogens is 176 g/mol. The normalized spacial score (nSPS) is 10.7. The van der Waals surface area contributed by atoms with E-state index in [1.54, 1.807) is 0 Å². The Hall–Kier alpha value is -0.0800. The van der Waals surface area contributed by atoms with E-state index in [9.17, 15) is 0 Å². The van der Waals surface area contributed by atoms with Gasteiger partial charge in [0.05, 0.1) is 0 Å². The van der Waals surface area contributed by atoms with Gasteiger partial charge in [-0.2, -0.15) is 0 Å². The molecule has 0 saturated heterocycles. The molecule has 0 rings (SSSR count). The minimum atomic E-state index is 0.805. The summed E-state index contributed by atoms with van der Waals surface area (Å²) in [6.45, 7) is 9.39. The number of ether oxygens (including phenoxy) is 2. The molecule has 0 aliphatic carbocycles. The zero-order chi connectivity index (χ0) is 10.5. The van der Waals surface area contributed by atoms with E-state index in [0.29, 0.717) is 0 Å². The minimum Gasteiger partial charge on any atom is -0.381 e. The van der Waals surface area contributed by atoms with E-state index in [-0.39, 0.29) is 0 Å². The van der Waals surface area contributed by atoms with Gasteiger partial charge < -0.3 is 9.47 Å². The first-order chi connectivity index (χ1) is 6.91. The van der Waals surface area contributed by atoms with Gasteiger partial charge >= 0.3 is 0 Å². The number of rotatable bonds is 11. The largest absolute Gasteiger partial charge is 0.381 e. The average molecular weight is 201 g/mol. The van der Waals surface area contributed by atoms with Crippen LogP contribution in [0.15, 0.2) is 0 Å². The van der Waals surface area contributed by atoms with Crippen LogP contribution in [0.4, 0.5) is 0 Å².